The zero-order chi connectivity index (χ0) is 14.8. The van der Waals surface area contributed by atoms with Gasteiger partial charge in [0.2, 0.25) is 0 Å². The van der Waals surface area contributed by atoms with Crippen molar-refractivity contribution in [2.45, 2.75) is 57.7 Å². The van der Waals surface area contributed by atoms with Crippen LogP contribution in [-0.2, 0) is 4.79 Å². The number of nitrogens with one attached hydrogen (secondary N) is 1. The molecular weight excluding hydrogens is 254 g/mol. The van der Waals surface area contributed by atoms with Crippen LogP contribution in [0.25, 0.3) is 0 Å². The molecule has 2 N–H and O–H groups in total. The molecule has 1 saturated heterocycles. The summed E-state index contributed by atoms with van der Waals surface area (Å²) >= 11 is 0. The molecule has 0 bridgehead atoms. The molecule has 2 atom stereocenters. The molecule has 2 fully saturated rings. The summed E-state index contributed by atoms with van der Waals surface area (Å²) in [5.74, 6) is -0.747. The summed E-state index contributed by atoms with van der Waals surface area (Å²) in [6, 6.07) is 1.15. The van der Waals surface area contributed by atoms with Crippen LogP contribution in [0.2, 0.25) is 0 Å². The third-order valence-electron chi connectivity index (χ3n) is 4.78. The van der Waals surface area contributed by atoms with Crippen molar-refractivity contribution in [2.24, 2.45) is 0 Å². The maximum atomic E-state index is 11.5. The fourth-order valence-corrected chi connectivity index (χ4v) is 3.33. The minimum Gasteiger partial charge on any atom is -0.480 e. The van der Waals surface area contributed by atoms with Gasteiger partial charge < -0.3 is 10.4 Å². The van der Waals surface area contributed by atoms with Crippen molar-refractivity contribution in [3.05, 3.63) is 0 Å². The zero-order valence-corrected chi connectivity index (χ0v) is 13.1. The number of likely N-dealkylation sites (N-methyl/N-ethyl adjacent to an activating group) is 1. The number of hydrogen-bond donors (Lipinski definition) is 2. The van der Waals surface area contributed by atoms with Crippen LogP contribution in [0, 0.1) is 0 Å². The molecule has 2 rings (SSSR count). The molecule has 1 aliphatic heterocycles. The highest BCUT2D eigenvalue weighted by Gasteiger charge is 2.37. The van der Waals surface area contributed by atoms with Gasteiger partial charge >= 0.3 is 5.97 Å². The summed E-state index contributed by atoms with van der Waals surface area (Å²) in [5.41, 5.74) is -0.818. The predicted octanol–water partition coefficient (Wildman–Crippen LogP) is 0.998. The van der Waals surface area contributed by atoms with Gasteiger partial charge in [-0.05, 0) is 39.7 Å². The summed E-state index contributed by atoms with van der Waals surface area (Å²) in [4.78, 5) is 16.5. The van der Waals surface area contributed by atoms with Crippen molar-refractivity contribution in [3.8, 4) is 0 Å². The monoisotopic (exact) mass is 283 g/mol. The molecule has 0 radical (unpaired) electrons. The third kappa shape index (κ3) is 3.71. The second kappa shape index (κ2) is 6.41. The van der Waals surface area contributed by atoms with Crippen molar-refractivity contribution < 1.29 is 9.90 Å². The zero-order valence-electron chi connectivity index (χ0n) is 13.1. The van der Waals surface area contributed by atoms with E-state index in [4.69, 9.17) is 0 Å². The van der Waals surface area contributed by atoms with Gasteiger partial charge in [0.15, 0.2) is 0 Å². The van der Waals surface area contributed by atoms with Crippen LogP contribution in [0.5, 0.6) is 0 Å². The molecule has 1 heterocycles. The van der Waals surface area contributed by atoms with Crippen molar-refractivity contribution in [1.29, 1.82) is 0 Å². The first-order chi connectivity index (χ1) is 9.46. The Labute approximate surface area is 122 Å². The molecule has 0 spiro atoms. The maximum absolute atomic E-state index is 11.5. The van der Waals surface area contributed by atoms with Crippen LogP contribution in [0.1, 0.15) is 40.0 Å². The fourth-order valence-electron chi connectivity index (χ4n) is 3.33. The van der Waals surface area contributed by atoms with Crippen molar-refractivity contribution in [3.63, 3.8) is 0 Å². The number of aliphatic carboxylic acids is 1. The number of carboxylic acids is 1. The van der Waals surface area contributed by atoms with Gasteiger partial charge in [-0.25, -0.2) is 0 Å². The third-order valence-corrected chi connectivity index (χ3v) is 4.78. The van der Waals surface area contributed by atoms with E-state index < -0.39 is 11.5 Å². The number of carbonyl (C=O) groups is 1. The Bertz CT molecular complexity index is 338. The lowest BCUT2D eigenvalue weighted by molar-refractivity contribution is -0.145. The van der Waals surface area contributed by atoms with Gasteiger partial charge in [-0.15, -0.1) is 0 Å². The van der Waals surface area contributed by atoms with Crippen LogP contribution in [-0.4, -0.2) is 71.2 Å². The molecule has 0 aromatic heterocycles. The van der Waals surface area contributed by atoms with E-state index in [1.807, 2.05) is 6.92 Å². The second-order valence-corrected chi connectivity index (χ2v) is 6.52. The molecule has 5 heteroatoms. The highest BCUT2D eigenvalue weighted by atomic mass is 16.4. The number of nitrogens with zero attached hydrogens (tertiary/aromatic N) is 2. The largest absolute Gasteiger partial charge is 0.480 e. The molecule has 1 aliphatic carbocycles. The van der Waals surface area contributed by atoms with Gasteiger partial charge in [-0.2, -0.15) is 0 Å². The Morgan fingerprint density at radius 1 is 1.35 bits per heavy atom. The van der Waals surface area contributed by atoms with E-state index in [1.54, 1.807) is 6.92 Å². The summed E-state index contributed by atoms with van der Waals surface area (Å²) in [6.45, 7) is 11.0. The predicted molar refractivity (Wildman–Crippen MR) is 80.0 cm³/mol. The van der Waals surface area contributed by atoms with E-state index >= 15 is 0 Å². The van der Waals surface area contributed by atoms with E-state index in [1.165, 1.54) is 12.8 Å². The van der Waals surface area contributed by atoms with Gasteiger partial charge in [-0.3, -0.25) is 14.6 Å². The lowest BCUT2D eigenvalue weighted by Gasteiger charge is -2.40. The van der Waals surface area contributed by atoms with E-state index in [-0.39, 0.29) is 0 Å². The van der Waals surface area contributed by atoms with Crippen molar-refractivity contribution in [2.75, 3.05) is 32.7 Å². The van der Waals surface area contributed by atoms with Gasteiger partial charge in [0, 0.05) is 38.3 Å². The first-order valence-electron chi connectivity index (χ1n) is 7.93. The van der Waals surface area contributed by atoms with Crippen molar-refractivity contribution in [1.82, 2.24) is 15.1 Å². The highest BCUT2D eigenvalue weighted by molar-refractivity contribution is 5.78. The maximum Gasteiger partial charge on any atom is 0.323 e. The normalized spacial score (nSPS) is 26.1. The minimum atomic E-state index is -0.818. The lowest BCUT2D eigenvalue weighted by atomic mass is 9.92. The molecule has 116 valence electrons. The topological polar surface area (TPSA) is 55.8 Å². The van der Waals surface area contributed by atoms with Crippen molar-refractivity contribution >= 4 is 5.97 Å². The van der Waals surface area contributed by atoms with Crippen LogP contribution in [0.3, 0.4) is 0 Å². The average molecular weight is 283 g/mol. The van der Waals surface area contributed by atoms with Crippen LogP contribution in [0.4, 0.5) is 0 Å². The Hall–Kier alpha value is -0.650. The first kappa shape index (κ1) is 15.7. The van der Waals surface area contributed by atoms with Gasteiger partial charge in [0.25, 0.3) is 0 Å². The van der Waals surface area contributed by atoms with E-state index in [2.05, 4.69) is 22.0 Å². The first-order valence-corrected chi connectivity index (χ1v) is 7.93. The number of rotatable bonds is 7. The minimum absolute atomic E-state index is 0.302. The average Bonchev–Trinajstić information content (AvgIpc) is 3.23. The molecule has 20 heavy (non-hydrogen) atoms. The van der Waals surface area contributed by atoms with E-state index in [0.717, 1.165) is 32.2 Å². The molecule has 0 amide bonds. The number of carboxylic acid groups (broad SMARTS) is 1. The standard InChI is InChI=1S/C15H29N3O2/c1-4-16-15(3,14(19)20)11-12(2)17-7-9-18(10-8-17)13-5-6-13/h12-13,16H,4-11H2,1-3H3,(H,19,20). The Balaban J connectivity index is 1.84. The summed E-state index contributed by atoms with van der Waals surface area (Å²) in [6.07, 6.45) is 3.39. The molecular formula is C15H29N3O2. The van der Waals surface area contributed by atoms with Gasteiger partial charge in [-0.1, -0.05) is 6.92 Å². The quantitative estimate of drug-likeness (QED) is 0.730. The van der Waals surface area contributed by atoms with E-state index in [9.17, 15) is 9.90 Å². The summed E-state index contributed by atoms with van der Waals surface area (Å²) in [5, 5.41) is 12.6. The fraction of sp³-hybridized carbons (Fsp3) is 0.933. The van der Waals surface area contributed by atoms with Gasteiger partial charge in [0.05, 0.1) is 0 Å². The van der Waals surface area contributed by atoms with E-state index in [0.29, 0.717) is 19.0 Å². The van der Waals surface area contributed by atoms with Crippen LogP contribution < -0.4 is 5.32 Å². The molecule has 1 saturated carbocycles. The van der Waals surface area contributed by atoms with Crippen LogP contribution in [0.15, 0.2) is 0 Å². The summed E-state index contributed by atoms with van der Waals surface area (Å²) in [7, 11) is 0. The highest BCUT2D eigenvalue weighted by Crippen LogP contribution is 2.28. The smallest absolute Gasteiger partial charge is 0.323 e. The number of hydrogen-bond acceptors (Lipinski definition) is 4. The van der Waals surface area contributed by atoms with Gasteiger partial charge in [0.1, 0.15) is 5.54 Å². The SMILES string of the molecule is CCNC(C)(CC(C)N1CCN(C2CC2)CC1)C(=O)O. The molecule has 0 aromatic rings. The van der Waals surface area contributed by atoms with Crippen LogP contribution >= 0.6 is 0 Å². The Morgan fingerprint density at radius 2 is 1.95 bits per heavy atom. The molecule has 5 nitrogen and oxygen atoms in total. The lowest BCUT2D eigenvalue weighted by Crippen LogP contribution is -2.56. The molecule has 2 aliphatic rings. The molecule has 0 aromatic carbocycles. The summed E-state index contributed by atoms with van der Waals surface area (Å²) < 4.78 is 0. The Kier molecular flexibility index (Phi) is 5.04. The second-order valence-electron chi connectivity index (χ2n) is 6.52. The molecule has 2 unspecified atom stereocenters. The Morgan fingerprint density at radius 3 is 2.40 bits per heavy atom. The number of piperazine rings is 1.